The Morgan fingerprint density at radius 3 is 2.47 bits per heavy atom. The molecule has 2 aromatic carbocycles. The van der Waals surface area contributed by atoms with Gasteiger partial charge in [0.1, 0.15) is 0 Å². The summed E-state index contributed by atoms with van der Waals surface area (Å²) in [5.74, 6) is 0. The van der Waals surface area contributed by atoms with Gasteiger partial charge in [-0.25, -0.2) is 4.79 Å². The van der Waals surface area contributed by atoms with E-state index >= 15 is 0 Å². The third-order valence-corrected chi connectivity index (χ3v) is 3.12. The van der Waals surface area contributed by atoms with Crippen LogP contribution in [0, 0.1) is 0 Å². The SMILES string of the molecule is O=c1[nH]c(=O)n(-c2ccccc2)c2cc(Cl)ccc12. The van der Waals surface area contributed by atoms with Crippen molar-refractivity contribution in [2.75, 3.05) is 0 Å². The summed E-state index contributed by atoms with van der Waals surface area (Å²) in [5, 5.41) is 0.898. The molecule has 0 fully saturated rings. The average Bonchev–Trinajstić information content (AvgIpc) is 2.39. The van der Waals surface area contributed by atoms with Crippen LogP contribution in [0.1, 0.15) is 0 Å². The molecule has 0 radical (unpaired) electrons. The lowest BCUT2D eigenvalue weighted by molar-refractivity contribution is 0.943. The number of halogens is 1. The van der Waals surface area contributed by atoms with Crippen LogP contribution in [0.25, 0.3) is 16.6 Å². The second kappa shape index (κ2) is 4.40. The smallest absolute Gasteiger partial charge is 0.273 e. The number of hydrogen-bond donors (Lipinski definition) is 1. The van der Waals surface area contributed by atoms with Crippen LogP contribution in [0.5, 0.6) is 0 Å². The number of hydrogen-bond acceptors (Lipinski definition) is 2. The molecule has 0 aliphatic heterocycles. The van der Waals surface area contributed by atoms with Crippen LogP contribution in [0.2, 0.25) is 5.02 Å². The first-order valence-corrected chi connectivity index (χ1v) is 6.04. The van der Waals surface area contributed by atoms with Crippen molar-refractivity contribution < 1.29 is 0 Å². The largest absolute Gasteiger partial charge is 0.333 e. The molecule has 19 heavy (non-hydrogen) atoms. The fourth-order valence-corrected chi connectivity index (χ4v) is 2.21. The van der Waals surface area contributed by atoms with Gasteiger partial charge in [0.15, 0.2) is 0 Å². The van der Waals surface area contributed by atoms with Gasteiger partial charge in [-0.1, -0.05) is 29.8 Å². The summed E-state index contributed by atoms with van der Waals surface area (Å²) >= 11 is 5.96. The monoisotopic (exact) mass is 272 g/mol. The maximum absolute atomic E-state index is 12.0. The Morgan fingerprint density at radius 1 is 1.00 bits per heavy atom. The second-order valence-corrected chi connectivity index (χ2v) is 4.53. The van der Waals surface area contributed by atoms with Crippen LogP contribution >= 0.6 is 11.6 Å². The third-order valence-electron chi connectivity index (χ3n) is 2.88. The molecular weight excluding hydrogens is 264 g/mol. The molecular formula is C14H9ClN2O2. The van der Waals surface area contributed by atoms with Crippen LogP contribution in [-0.4, -0.2) is 9.55 Å². The van der Waals surface area contributed by atoms with Gasteiger partial charge in [0.05, 0.1) is 16.6 Å². The molecule has 0 saturated heterocycles. The minimum atomic E-state index is -0.481. The third kappa shape index (κ3) is 1.96. The minimum absolute atomic E-state index is 0.413. The first-order valence-electron chi connectivity index (χ1n) is 5.67. The van der Waals surface area contributed by atoms with Gasteiger partial charge in [-0.2, -0.15) is 0 Å². The van der Waals surface area contributed by atoms with Gasteiger partial charge in [0, 0.05) is 5.02 Å². The zero-order chi connectivity index (χ0) is 13.4. The van der Waals surface area contributed by atoms with Gasteiger partial charge in [0.2, 0.25) is 0 Å². The standard InChI is InChI=1S/C14H9ClN2O2/c15-9-6-7-11-12(8-9)17(14(19)16-13(11)18)10-4-2-1-3-5-10/h1-8H,(H,16,18,19). The molecule has 0 aliphatic carbocycles. The molecule has 94 valence electrons. The van der Waals surface area contributed by atoms with Crippen molar-refractivity contribution in [3.05, 3.63) is 74.4 Å². The average molecular weight is 273 g/mol. The zero-order valence-electron chi connectivity index (χ0n) is 9.76. The number of H-pyrrole nitrogens is 1. The molecule has 0 bridgehead atoms. The van der Waals surface area contributed by atoms with Crippen LogP contribution in [0.3, 0.4) is 0 Å². The van der Waals surface area contributed by atoms with Crippen LogP contribution in [0.15, 0.2) is 58.1 Å². The molecule has 3 rings (SSSR count). The maximum atomic E-state index is 12.0. The predicted octanol–water partition coefficient (Wildman–Crippen LogP) is 2.33. The summed E-state index contributed by atoms with van der Waals surface area (Å²) in [6.07, 6.45) is 0. The van der Waals surface area contributed by atoms with E-state index in [0.29, 0.717) is 21.6 Å². The first kappa shape index (κ1) is 11.7. The zero-order valence-corrected chi connectivity index (χ0v) is 10.5. The number of aromatic amines is 1. The number of aromatic nitrogens is 2. The minimum Gasteiger partial charge on any atom is -0.273 e. The van der Waals surface area contributed by atoms with Crippen molar-refractivity contribution in [1.29, 1.82) is 0 Å². The molecule has 1 heterocycles. The Kier molecular flexibility index (Phi) is 2.72. The van der Waals surface area contributed by atoms with Crippen molar-refractivity contribution in [3.63, 3.8) is 0 Å². The van der Waals surface area contributed by atoms with E-state index < -0.39 is 11.2 Å². The lowest BCUT2D eigenvalue weighted by Gasteiger charge is -2.09. The number of nitrogens with one attached hydrogen (secondary N) is 1. The fourth-order valence-electron chi connectivity index (χ4n) is 2.04. The van der Waals surface area contributed by atoms with Crippen LogP contribution in [-0.2, 0) is 0 Å². The van der Waals surface area contributed by atoms with Crippen LogP contribution in [0.4, 0.5) is 0 Å². The Hall–Kier alpha value is -2.33. The Labute approximate surface area is 112 Å². The molecule has 0 aliphatic rings. The maximum Gasteiger partial charge on any atom is 0.333 e. The van der Waals surface area contributed by atoms with Crippen molar-refractivity contribution in [2.45, 2.75) is 0 Å². The van der Waals surface area contributed by atoms with E-state index in [1.54, 1.807) is 30.3 Å². The molecule has 0 spiro atoms. The van der Waals surface area contributed by atoms with E-state index in [1.165, 1.54) is 4.57 Å². The second-order valence-electron chi connectivity index (χ2n) is 4.09. The van der Waals surface area contributed by atoms with Crippen molar-refractivity contribution in [2.24, 2.45) is 0 Å². The molecule has 3 aromatic rings. The van der Waals surface area contributed by atoms with E-state index in [2.05, 4.69) is 4.98 Å². The number of para-hydroxylation sites is 1. The van der Waals surface area contributed by atoms with E-state index in [1.807, 2.05) is 18.2 Å². The van der Waals surface area contributed by atoms with Gasteiger partial charge >= 0.3 is 5.69 Å². The number of benzene rings is 2. The molecule has 4 nitrogen and oxygen atoms in total. The summed E-state index contributed by atoms with van der Waals surface area (Å²) in [6.45, 7) is 0. The molecule has 1 aromatic heterocycles. The lowest BCUT2D eigenvalue weighted by Crippen LogP contribution is -2.29. The van der Waals surface area contributed by atoms with Crippen molar-refractivity contribution in [1.82, 2.24) is 9.55 Å². The highest BCUT2D eigenvalue weighted by atomic mass is 35.5. The topological polar surface area (TPSA) is 54.9 Å². The first-order chi connectivity index (χ1) is 9.16. The van der Waals surface area contributed by atoms with Gasteiger partial charge in [-0.05, 0) is 30.3 Å². The number of nitrogens with zero attached hydrogens (tertiary/aromatic N) is 1. The van der Waals surface area contributed by atoms with Crippen molar-refractivity contribution >= 4 is 22.5 Å². The fraction of sp³-hybridized carbons (Fsp3) is 0. The van der Waals surface area contributed by atoms with Gasteiger partial charge in [-0.15, -0.1) is 0 Å². The highest BCUT2D eigenvalue weighted by molar-refractivity contribution is 6.31. The quantitative estimate of drug-likeness (QED) is 0.739. The predicted molar refractivity (Wildman–Crippen MR) is 75.2 cm³/mol. The van der Waals surface area contributed by atoms with Gasteiger partial charge in [-0.3, -0.25) is 14.3 Å². The Bertz CT molecular complexity index is 866. The molecule has 0 unspecified atom stereocenters. The summed E-state index contributed by atoms with van der Waals surface area (Å²) in [7, 11) is 0. The van der Waals surface area contributed by atoms with E-state index in [9.17, 15) is 9.59 Å². The van der Waals surface area contributed by atoms with Crippen LogP contribution < -0.4 is 11.2 Å². The Morgan fingerprint density at radius 2 is 1.74 bits per heavy atom. The normalized spacial score (nSPS) is 10.8. The highest BCUT2D eigenvalue weighted by Gasteiger charge is 2.09. The Balaban J connectivity index is 2.51. The van der Waals surface area contributed by atoms with E-state index in [4.69, 9.17) is 11.6 Å². The molecule has 1 N–H and O–H groups in total. The van der Waals surface area contributed by atoms with Gasteiger partial charge in [0.25, 0.3) is 5.56 Å². The lowest BCUT2D eigenvalue weighted by atomic mass is 10.2. The molecule has 5 heteroatoms. The van der Waals surface area contributed by atoms with E-state index in [-0.39, 0.29) is 0 Å². The van der Waals surface area contributed by atoms with Gasteiger partial charge < -0.3 is 0 Å². The molecule has 0 saturated carbocycles. The number of rotatable bonds is 1. The summed E-state index contributed by atoms with van der Waals surface area (Å²) in [5.41, 5.74) is 0.276. The van der Waals surface area contributed by atoms with E-state index in [0.717, 1.165) is 0 Å². The summed E-state index contributed by atoms with van der Waals surface area (Å²) in [4.78, 5) is 26.1. The highest BCUT2D eigenvalue weighted by Crippen LogP contribution is 2.18. The summed E-state index contributed by atoms with van der Waals surface area (Å²) in [6, 6.07) is 13.9. The molecule has 0 amide bonds. The molecule has 0 atom stereocenters. The number of fused-ring (bicyclic) bond motifs is 1. The summed E-state index contributed by atoms with van der Waals surface area (Å²) < 4.78 is 1.43. The van der Waals surface area contributed by atoms with Crippen molar-refractivity contribution in [3.8, 4) is 5.69 Å².